The molecule has 2 rings (SSSR count). The molecule has 1 unspecified atom stereocenters. The zero-order valence-electron chi connectivity index (χ0n) is 10.8. The summed E-state index contributed by atoms with van der Waals surface area (Å²) in [7, 11) is 0. The monoisotopic (exact) mass is 303 g/mol. The van der Waals surface area contributed by atoms with Gasteiger partial charge in [0.05, 0.1) is 11.6 Å². The summed E-state index contributed by atoms with van der Waals surface area (Å²) in [6.45, 7) is -1.68. The van der Waals surface area contributed by atoms with Crippen LogP contribution in [0.5, 0.6) is 0 Å². The first-order valence-electron chi connectivity index (χ1n) is 6.12. The van der Waals surface area contributed by atoms with Crippen molar-refractivity contribution in [1.29, 1.82) is 0 Å². The molecular formula is C13H12F3NO4. The second-order valence-corrected chi connectivity index (χ2v) is 4.56. The number of nitrogens with zero attached hydrogens (tertiary/aromatic N) is 1. The second-order valence-electron chi connectivity index (χ2n) is 4.56. The first kappa shape index (κ1) is 15.1. The van der Waals surface area contributed by atoms with Gasteiger partial charge in [0.15, 0.2) is 6.61 Å². The Bertz CT molecular complexity index is 559. The fourth-order valence-electron chi connectivity index (χ4n) is 2.23. The lowest BCUT2D eigenvalue weighted by molar-refractivity contribution is -0.159. The molecule has 1 N–H and O–H groups in total. The van der Waals surface area contributed by atoms with E-state index in [4.69, 9.17) is 5.11 Å². The minimum absolute atomic E-state index is 0.00926. The molecule has 1 aliphatic heterocycles. The molecule has 1 aliphatic rings. The maximum absolute atomic E-state index is 12.1. The summed E-state index contributed by atoms with van der Waals surface area (Å²) in [6.07, 6.45) is -5.62. The van der Waals surface area contributed by atoms with Crippen molar-refractivity contribution in [1.82, 2.24) is 0 Å². The van der Waals surface area contributed by atoms with Crippen molar-refractivity contribution >= 4 is 17.7 Å². The Morgan fingerprint density at radius 2 is 2.00 bits per heavy atom. The number of fused-ring (bicyclic) bond motifs is 1. The molecule has 1 amide bonds. The summed E-state index contributed by atoms with van der Waals surface area (Å²) in [5.74, 6) is -1.82. The predicted molar refractivity (Wildman–Crippen MR) is 66.2 cm³/mol. The summed E-state index contributed by atoms with van der Waals surface area (Å²) in [5, 5.41) is 9.14. The van der Waals surface area contributed by atoms with E-state index in [1.165, 1.54) is 12.1 Å². The van der Waals surface area contributed by atoms with Crippen molar-refractivity contribution in [3.63, 3.8) is 0 Å². The van der Waals surface area contributed by atoms with Crippen molar-refractivity contribution in [2.75, 3.05) is 18.1 Å². The standard InChI is InChI=1S/C13H12F3NO4/c14-13(15,16)7-21-12(20)17-6-5-9(11(18)19)8-3-1-2-4-10(8)17/h1-4,9H,5-7H2,(H,18,19). The van der Waals surface area contributed by atoms with Crippen LogP contribution in [0.15, 0.2) is 24.3 Å². The molecule has 0 bridgehead atoms. The number of halogens is 3. The summed E-state index contributed by atoms with van der Waals surface area (Å²) in [6, 6.07) is 6.21. The number of anilines is 1. The molecular weight excluding hydrogens is 291 g/mol. The molecule has 114 valence electrons. The van der Waals surface area contributed by atoms with E-state index in [1.807, 2.05) is 0 Å². The van der Waals surface area contributed by atoms with E-state index in [1.54, 1.807) is 12.1 Å². The van der Waals surface area contributed by atoms with Crippen LogP contribution in [-0.4, -0.2) is 36.5 Å². The number of hydrogen-bond acceptors (Lipinski definition) is 3. The van der Waals surface area contributed by atoms with Gasteiger partial charge in [0.2, 0.25) is 0 Å². The van der Waals surface area contributed by atoms with Crippen molar-refractivity contribution in [2.45, 2.75) is 18.5 Å². The molecule has 1 atom stereocenters. The number of carbonyl (C=O) groups excluding carboxylic acids is 1. The van der Waals surface area contributed by atoms with Crippen LogP contribution >= 0.6 is 0 Å². The lowest BCUT2D eigenvalue weighted by Gasteiger charge is -2.31. The SMILES string of the molecule is O=C(O)C1CCN(C(=O)OCC(F)(F)F)c2ccccc21. The molecule has 0 aliphatic carbocycles. The van der Waals surface area contributed by atoms with Crippen LogP contribution in [0.2, 0.25) is 0 Å². The average molecular weight is 303 g/mol. The molecule has 0 saturated heterocycles. The van der Waals surface area contributed by atoms with E-state index < -0.39 is 30.8 Å². The Morgan fingerprint density at radius 3 is 2.62 bits per heavy atom. The highest BCUT2D eigenvalue weighted by Gasteiger charge is 2.35. The van der Waals surface area contributed by atoms with Crippen LogP contribution < -0.4 is 4.90 Å². The van der Waals surface area contributed by atoms with E-state index in [0.717, 1.165) is 4.90 Å². The third-order valence-corrected chi connectivity index (χ3v) is 3.12. The zero-order valence-corrected chi connectivity index (χ0v) is 10.8. The number of ether oxygens (including phenoxy) is 1. The molecule has 0 radical (unpaired) electrons. The van der Waals surface area contributed by atoms with Crippen molar-refractivity contribution in [2.24, 2.45) is 0 Å². The summed E-state index contributed by atoms with van der Waals surface area (Å²) in [5.41, 5.74) is 0.656. The maximum Gasteiger partial charge on any atom is 0.422 e. The molecule has 0 aromatic heterocycles. The molecule has 1 aromatic rings. The predicted octanol–water partition coefficient (Wildman–Crippen LogP) is 2.76. The van der Waals surface area contributed by atoms with Gasteiger partial charge >= 0.3 is 18.2 Å². The highest BCUT2D eigenvalue weighted by molar-refractivity contribution is 5.92. The largest absolute Gasteiger partial charge is 0.481 e. The molecule has 0 fully saturated rings. The van der Waals surface area contributed by atoms with E-state index in [-0.39, 0.29) is 18.7 Å². The first-order valence-corrected chi connectivity index (χ1v) is 6.12. The Morgan fingerprint density at radius 1 is 1.33 bits per heavy atom. The van der Waals surface area contributed by atoms with E-state index >= 15 is 0 Å². The van der Waals surface area contributed by atoms with E-state index in [2.05, 4.69) is 4.74 Å². The van der Waals surface area contributed by atoms with Gasteiger partial charge in [-0.25, -0.2) is 4.79 Å². The highest BCUT2D eigenvalue weighted by Crippen LogP contribution is 2.35. The Balaban J connectivity index is 2.21. The van der Waals surface area contributed by atoms with Gasteiger partial charge in [0.25, 0.3) is 0 Å². The molecule has 0 spiro atoms. The Hall–Kier alpha value is -2.25. The minimum atomic E-state index is -4.60. The van der Waals surface area contributed by atoms with E-state index in [9.17, 15) is 22.8 Å². The third-order valence-electron chi connectivity index (χ3n) is 3.12. The Kier molecular flexibility index (Phi) is 4.06. The van der Waals surface area contributed by atoms with Crippen LogP contribution in [0.4, 0.5) is 23.7 Å². The number of aliphatic carboxylic acids is 1. The normalized spacial score (nSPS) is 18.0. The van der Waals surface area contributed by atoms with Crippen LogP contribution in [0.3, 0.4) is 0 Å². The topological polar surface area (TPSA) is 66.8 Å². The average Bonchev–Trinajstić information content (AvgIpc) is 2.42. The lowest BCUT2D eigenvalue weighted by atomic mass is 9.90. The third kappa shape index (κ3) is 3.45. The van der Waals surface area contributed by atoms with Gasteiger partial charge in [-0.1, -0.05) is 18.2 Å². The number of benzene rings is 1. The van der Waals surface area contributed by atoms with Gasteiger partial charge in [-0.3, -0.25) is 9.69 Å². The molecule has 8 heteroatoms. The number of para-hydroxylation sites is 1. The molecule has 21 heavy (non-hydrogen) atoms. The number of rotatable bonds is 2. The van der Waals surface area contributed by atoms with E-state index in [0.29, 0.717) is 5.56 Å². The van der Waals surface area contributed by atoms with Gasteiger partial charge in [0.1, 0.15) is 0 Å². The number of amides is 1. The second kappa shape index (κ2) is 5.63. The molecule has 5 nitrogen and oxygen atoms in total. The fourth-order valence-corrected chi connectivity index (χ4v) is 2.23. The summed E-state index contributed by atoms with van der Waals surface area (Å²) < 4.78 is 40.4. The fraction of sp³-hybridized carbons (Fsp3) is 0.385. The van der Waals surface area contributed by atoms with Crippen molar-refractivity contribution in [3.8, 4) is 0 Å². The maximum atomic E-state index is 12.1. The molecule has 1 heterocycles. The van der Waals surface area contributed by atoms with Crippen LogP contribution in [0.25, 0.3) is 0 Å². The van der Waals surface area contributed by atoms with Crippen molar-refractivity contribution < 1.29 is 32.6 Å². The number of carboxylic acids is 1. The number of alkyl halides is 3. The molecule has 0 saturated carbocycles. The van der Waals surface area contributed by atoms with Gasteiger partial charge in [0, 0.05) is 6.54 Å². The molecule has 1 aromatic carbocycles. The highest BCUT2D eigenvalue weighted by atomic mass is 19.4. The van der Waals surface area contributed by atoms with Gasteiger partial charge in [-0.15, -0.1) is 0 Å². The number of carboxylic acid groups (broad SMARTS) is 1. The van der Waals surface area contributed by atoms with Gasteiger partial charge in [-0.2, -0.15) is 13.2 Å². The Labute approximate surface area is 117 Å². The van der Waals surface area contributed by atoms with Crippen LogP contribution in [0, 0.1) is 0 Å². The lowest BCUT2D eigenvalue weighted by Crippen LogP contribution is -2.39. The minimum Gasteiger partial charge on any atom is -0.481 e. The number of carbonyl (C=O) groups is 2. The number of hydrogen-bond donors (Lipinski definition) is 1. The summed E-state index contributed by atoms with van der Waals surface area (Å²) in [4.78, 5) is 23.9. The zero-order chi connectivity index (χ0) is 15.6. The van der Waals surface area contributed by atoms with Crippen LogP contribution in [-0.2, 0) is 9.53 Å². The van der Waals surface area contributed by atoms with Crippen molar-refractivity contribution in [3.05, 3.63) is 29.8 Å². The van der Waals surface area contributed by atoms with Gasteiger partial charge in [-0.05, 0) is 18.1 Å². The first-order chi connectivity index (χ1) is 9.79. The van der Waals surface area contributed by atoms with Gasteiger partial charge < -0.3 is 9.84 Å². The van der Waals surface area contributed by atoms with Crippen LogP contribution in [0.1, 0.15) is 17.9 Å². The smallest absolute Gasteiger partial charge is 0.422 e. The quantitative estimate of drug-likeness (QED) is 0.912. The summed E-state index contributed by atoms with van der Waals surface area (Å²) >= 11 is 0.